The van der Waals surface area contributed by atoms with Crippen molar-refractivity contribution in [1.82, 2.24) is 5.16 Å². The number of nitro groups is 1. The Morgan fingerprint density at radius 3 is 2.68 bits per heavy atom. The zero-order valence-corrected chi connectivity index (χ0v) is 12.2. The van der Waals surface area contributed by atoms with Crippen LogP contribution >= 0.6 is 0 Å². The van der Waals surface area contributed by atoms with Crippen molar-refractivity contribution in [3.05, 3.63) is 51.1 Å². The number of rotatable bonds is 4. The predicted octanol–water partition coefficient (Wildman–Crippen LogP) is 3.08. The molecule has 22 heavy (non-hydrogen) atoms. The number of halogens is 1. The van der Waals surface area contributed by atoms with Gasteiger partial charge in [-0.15, -0.1) is 0 Å². The van der Waals surface area contributed by atoms with Gasteiger partial charge >= 0.3 is 0 Å². The Morgan fingerprint density at radius 2 is 2.14 bits per heavy atom. The second-order valence-corrected chi connectivity index (χ2v) is 4.87. The van der Waals surface area contributed by atoms with E-state index >= 15 is 0 Å². The first-order chi connectivity index (χ1) is 10.3. The third-order valence-electron chi connectivity index (χ3n) is 3.33. The lowest BCUT2D eigenvalue weighted by molar-refractivity contribution is -0.384. The van der Waals surface area contributed by atoms with E-state index in [0.717, 1.165) is 18.2 Å². The number of hydrogen-bond acceptors (Lipinski definition) is 5. The standard InChI is InChI=1S/C14H14FN3O4/c1-7(13-8(2)17-22-9(13)3)14(19)16-11-5-4-10(15)6-12(11)18(20)21/h4-7H,1-3H3,(H,16,19)/t7-/m0/s1. The quantitative estimate of drug-likeness (QED) is 0.691. The smallest absolute Gasteiger partial charge is 0.295 e. The zero-order valence-electron chi connectivity index (χ0n) is 12.2. The normalized spacial score (nSPS) is 12.0. The summed E-state index contributed by atoms with van der Waals surface area (Å²) in [6.07, 6.45) is 0. The number of nitrogens with one attached hydrogen (secondary N) is 1. The average Bonchev–Trinajstić information content (AvgIpc) is 2.79. The van der Waals surface area contributed by atoms with Crippen molar-refractivity contribution in [3.63, 3.8) is 0 Å². The fraction of sp³-hybridized carbons (Fsp3) is 0.286. The summed E-state index contributed by atoms with van der Waals surface area (Å²) in [7, 11) is 0. The Morgan fingerprint density at radius 1 is 1.45 bits per heavy atom. The van der Waals surface area contributed by atoms with Crippen molar-refractivity contribution in [3.8, 4) is 0 Å². The monoisotopic (exact) mass is 307 g/mol. The number of carbonyl (C=O) groups is 1. The number of nitrogens with zero attached hydrogens (tertiary/aromatic N) is 2. The summed E-state index contributed by atoms with van der Waals surface area (Å²) in [6.45, 7) is 5.02. The molecule has 0 spiro atoms. The van der Waals surface area contributed by atoms with E-state index in [1.54, 1.807) is 20.8 Å². The average molecular weight is 307 g/mol. The molecule has 7 nitrogen and oxygen atoms in total. The second kappa shape index (κ2) is 5.92. The van der Waals surface area contributed by atoms with Gasteiger partial charge in [-0.2, -0.15) is 0 Å². The third kappa shape index (κ3) is 2.95. The lowest BCUT2D eigenvalue weighted by Gasteiger charge is -2.12. The van der Waals surface area contributed by atoms with Crippen LogP contribution in [0.4, 0.5) is 15.8 Å². The molecule has 116 valence electrons. The van der Waals surface area contributed by atoms with Crippen LogP contribution in [0.15, 0.2) is 22.7 Å². The first-order valence-corrected chi connectivity index (χ1v) is 6.48. The van der Waals surface area contributed by atoms with Crippen molar-refractivity contribution in [1.29, 1.82) is 0 Å². The van der Waals surface area contributed by atoms with Crippen LogP contribution in [0.5, 0.6) is 0 Å². The Bertz CT molecular complexity index is 722. The topological polar surface area (TPSA) is 98.3 Å². The number of hydrogen-bond donors (Lipinski definition) is 1. The Labute approximate surface area is 125 Å². The summed E-state index contributed by atoms with van der Waals surface area (Å²) >= 11 is 0. The summed E-state index contributed by atoms with van der Waals surface area (Å²) in [5.41, 5.74) is 0.644. The molecule has 0 saturated heterocycles. The molecule has 8 heteroatoms. The molecule has 0 aliphatic heterocycles. The van der Waals surface area contributed by atoms with E-state index in [9.17, 15) is 19.3 Å². The maximum Gasteiger partial charge on any atom is 0.295 e. The molecule has 1 amide bonds. The highest BCUT2D eigenvalue weighted by atomic mass is 19.1. The van der Waals surface area contributed by atoms with Gasteiger partial charge in [-0.25, -0.2) is 4.39 Å². The van der Waals surface area contributed by atoms with E-state index < -0.39 is 28.3 Å². The maximum atomic E-state index is 13.1. The molecule has 0 unspecified atom stereocenters. The van der Waals surface area contributed by atoms with Crippen molar-refractivity contribution in [2.45, 2.75) is 26.7 Å². The molecule has 1 aromatic heterocycles. The third-order valence-corrected chi connectivity index (χ3v) is 3.33. The number of anilines is 1. The van der Waals surface area contributed by atoms with Gasteiger partial charge in [0.25, 0.3) is 5.69 Å². The maximum absolute atomic E-state index is 13.1. The molecule has 1 heterocycles. The highest BCUT2D eigenvalue weighted by Gasteiger charge is 2.25. The lowest BCUT2D eigenvalue weighted by Crippen LogP contribution is -2.20. The van der Waals surface area contributed by atoms with Crippen molar-refractivity contribution >= 4 is 17.3 Å². The first kappa shape index (κ1) is 15.6. The molecule has 2 rings (SSSR count). The molecule has 0 saturated carbocycles. The summed E-state index contributed by atoms with van der Waals surface area (Å²) < 4.78 is 18.1. The number of carbonyl (C=O) groups excluding carboxylic acids is 1. The van der Waals surface area contributed by atoms with Gasteiger partial charge in [0.1, 0.15) is 17.3 Å². The van der Waals surface area contributed by atoms with Gasteiger partial charge in [-0.05, 0) is 32.9 Å². The SMILES string of the molecule is Cc1noc(C)c1[C@H](C)C(=O)Nc1ccc(F)cc1[N+](=O)[O-]. The second-order valence-electron chi connectivity index (χ2n) is 4.87. The lowest BCUT2D eigenvalue weighted by atomic mass is 9.98. The molecule has 0 aliphatic rings. The van der Waals surface area contributed by atoms with Crippen LogP contribution in [0, 0.1) is 29.8 Å². The molecule has 1 atom stereocenters. The molecule has 1 N–H and O–H groups in total. The fourth-order valence-electron chi connectivity index (χ4n) is 2.24. The summed E-state index contributed by atoms with van der Waals surface area (Å²) in [5, 5.41) is 17.1. The van der Waals surface area contributed by atoms with E-state index in [2.05, 4.69) is 10.5 Å². The minimum atomic E-state index is -0.751. The molecule has 0 bridgehead atoms. The van der Waals surface area contributed by atoms with Crippen LogP contribution < -0.4 is 5.32 Å². The minimum absolute atomic E-state index is 0.0602. The van der Waals surface area contributed by atoms with Crippen LogP contribution in [0.3, 0.4) is 0 Å². The highest BCUT2D eigenvalue weighted by molar-refractivity contribution is 5.97. The van der Waals surface area contributed by atoms with Gasteiger partial charge in [0.2, 0.25) is 5.91 Å². The molecular weight excluding hydrogens is 293 g/mol. The van der Waals surface area contributed by atoms with Gasteiger partial charge < -0.3 is 9.84 Å². The summed E-state index contributed by atoms with van der Waals surface area (Å²) in [6, 6.07) is 2.96. The number of benzene rings is 1. The Hall–Kier alpha value is -2.77. The van der Waals surface area contributed by atoms with Crippen LogP contribution in [-0.2, 0) is 4.79 Å². The van der Waals surface area contributed by atoms with E-state index in [-0.39, 0.29) is 5.69 Å². The van der Waals surface area contributed by atoms with E-state index in [1.165, 1.54) is 0 Å². The largest absolute Gasteiger partial charge is 0.361 e. The molecule has 0 fully saturated rings. The van der Waals surface area contributed by atoms with Gasteiger partial charge in [0.05, 0.1) is 22.6 Å². The number of nitro benzene ring substituents is 1. The molecule has 1 aromatic carbocycles. The zero-order chi connectivity index (χ0) is 16.4. The fourth-order valence-corrected chi connectivity index (χ4v) is 2.24. The number of aromatic nitrogens is 1. The minimum Gasteiger partial charge on any atom is -0.361 e. The predicted molar refractivity (Wildman–Crippen MR) is 76.1 cm³/mol. The molecule has 2 aromatic rings. The van der Waals surface area contributed by atoms with E-state index in [1.807, 2.05) is 0 Å². The summed E-state index contributed by atoms with van der Waals surface area (Å²) in [4.78, 5) is 22.5. The van der Waals surface area contributed by atoms with Crippen LogP contribution in [0.1, 0.15) is 29.9 Å². The van der Waals surface area contributed by atoms with Crippen LogP contribution in [0.2, 0.25) is 0 Å². The number of aryl methyl sites for hydroxylation is 2. The Kier molecular flexibility index (Phi) is 4.20. The van der Waals surface area contributed by atoms with Gasteiger partial charge in [-0.1, -0.05) is 5.16 Å². The molecule has 0 aliphatic carbocycles. The molecular formula is C14H14FN3O4. The first-order valence-electron chi connectivity index (χ1n) is 6.48. The van der Waals surface area contributed by atoms with Crippen molar-refractivity contribution in [2.75, 3.05) is 5.32 Å². The van der Waals surface area contributed by atoms with Crippen LogP contribution in [0.25, 0.3) is 0 Å². The Balaban J connectivity index is 2.28. The van der Waals surface area contributed by atoms with Gasteiger partial charge in [0, 0.05) is 5.56 Å². The molecule has 0 radical (unpaired) electrons. The highest BCUT2D eigenvalue weighted by Crippen LogP contribution is 2.28. The van der Waals surface area contributed by atoms with Gasteiger partial charge in [0.15, 0.2) is 0 Å². The van der Waals surface area contributed by atoms with Gasteiger partial charge in [-0.3, -0.25) is 14.9 Å². The van der Waals surface area contributed by atoms with E-state index in [0.29, 0.717) is 17.0 Å². The number of amides is 1. The summed E-state index contributed by atoms with van der Waals surface area (Å²) in [5.74, 6) is -1.32. The van der Waals surface area contributed by atoms with Crippen LogP contribution in [-0.4, -0.2) is 16.0 Å². The van der Waals surface area contributed by atoms with Crippen molar-refractivity contribution < 1.29 is 18.6 Å². The van der Waals surface area contributed by atoms with Crippen molar-refractivity contribution in [2.24, 2.45) is 0 Å². The van der Waals surface area contributed by atoms with E-state index in [4.69, 9.17) is 4.52 Å².